The lowest BCUT2D eigenvalue weighted by Crippen LogP contribution is -1.97. The third-order valence-electron chi connectivity index (χ3n) is 2.79. The zero-order valence-corrected chi connectivity index (χ0v) is 12.5. The predicted octanol–water partition coefficient (Wildman–Crippen LogP) is 4.34. The van der Waals surface area contributed by atoms with Crippen molar-refractivity contribution in [3.63, 3.8) is 0 Å². The molecule has 2 rings (SSSR count). The molecule has 0 radical (unpaired) electrons. The van der Waals surface area contributed by atoms with Gasteiger partial charge in [0, 0.05) is 6.07 Å². The number of hydrogen-bond donors (Lipinski definition) is 1. The second-order valence-corrected chi connectivity index (χ2v) is 5.17. The average molecular weight is 356 g/mol. The molecule has 0 amide bonds. The molecule has 0 aliphatic heterocycles. The monoisotopic (exact) mass is 355 g/mol. The molecule has 21 heavy (non-hydrogen) atoms. The highest BCUT2D eigenvalue weighted by Crippen LogP contribution is 2.38. The number of ether oxygens (including phenoxy) is 1. The van der Waals surface area contributed by atoms with Crippen LogP contribution in [0.1, 0.15) is 18.6 Å². The van der Waals surface area contributed by atoms with Crippen LogP contribution in [0.5, 0.6) is 11.5 Å². The van der Waals surface area contributed by atoms with Gasteiger partial charge in [0.1, 0.15) is 0 Å². The molecule has 1 N–H and O–H groups in total. The van der Waals surface area contributed by atoms with E-state index in [1.165, 1.54) is 31.2 Å². The fourth-order valence-corrected chi connectivity index (χ4v) is 2.15. The van der Waals surface area contributed by atoms with Crippen molar-refractivity contribution in [3.05, 3.63) is 62.4 Å². The molecular formula is C14H11BrFNO4. The van der Waals surface area contributed by atoms with Crippen LogP contribution in [0.2, 0.25) is 0 Å². The van der Waals surface area contributed by atoms with E-state index in [0.29, 0.717) is 10.0 Å². The van der Waals surface area contributed by atoms with Crippen LogP contribution < -0.4 is 4.74 Å². The van der Waals surface area contributed by atoms with Crippen LogP contribution in [0.4, 0.5) is 10.1 Å². The van der Waals surface area contributed by atoms with Crippen LogP contribution >= 0.6 is 15.9 Å². The van der Waals surface area contributed by atoms with Gasteiger partial charge in [0.05, 0.1) is 15.5 Å². The summed E-state index contributed by atoms with van der Waals surface area (Å²) in [7, 11) is 0. The van der Waals surface area contributed by atoms with Crippen molar-refractivity contribution >= 4 is 21.6 Å². The quantitative estimate of drug-likeness (QED) is 0.653. The Morgan fingerprint density at radius 2 is 2.10 bits per heavy atom. The van der Waals surface area contributed by atoms with Gasteiger partial charge in [-0.1, -0.05) is 12.1 Å². The van der Waals surface area contributed by atoms with Gasteiger partial charge in [0.15, 0.2) is 11.6 Å². The van der Waals surface area contributed by atoms with Gasteiger partial charge in [-0.15, -0.1) is 0 Å². The second-order valence-electron chi connectivity index (χ2n) is 4.31. The van der Waals surface area contributed by atoms with Gasteiger partial charge < -0.3 is 9.84 Å². The summed E-state index contributed by atoms with van der Waals surface area (Å²) >= 11 is 3.14. The highest BCUT2D eigenvalue weighted by Gasteiger charge is 2.20. The Morgan fingerprint density at radius 3 is 2.67 bits per heavy atom. The molecule has 2 aromatic rings. The predicted molar refractivity (Wildman–Crippen MR) is 77.9 cm³/mol. The molecule has 0 saturated heterocycles. The summed E-state index contributed by atoms with van der Waals surface area (Å²) in [5.74, 6) is -0.945. The third-order valence-corrected chi connectivity index (χ3v) is 3.42. The summed E-state index contributed by atoms with van der Waals surface area (Å²) in [6.07, 6.45) is -0.814. The molecule has 2 aromatic carbocycles. The first-order valence-corrected chi connectivity index (χ1v) is 6.77. The van der Waals surface area contributed by atoms with Crippen molar-refractivity contribution in [2.24, 2.45) is 0 Å². The summed E-state index contributed by atoms with van der Waals surface area (Å²) in [6.45, 7) is 1.51. The molecule has 0 aliphatic carbocycles. The van der Waals surface area contributed by atoms with Gasteiger partial charge in [-0.05, 0) is 46.6 Å². The Bertz CT molecular complexity index is 691. The van der Waals surface area contributed by atoms with E-state index < -0.39 is 16.8 Å². The maximum atomic E-state index is 13.9. The lowest BCUT2D eigenvalue weighted by molar-refractivity contribution is -0.385. The smallest absolute Gasteiger partial charge is 0.312 e. The Balaban J connectivity index is 2.41. The van der Waals surface area contributed by atoms with E-state index in [1.807, 2.05) is 0 Å². The minimum Gasteiger partial charge on any atom is -0.446 e. The van der Waals surface area contributed by atoms with Crippen molar-refractivity contribution < 1.29 is 19.2 Å². The van der Waals surface area contributed by atoms with Crippen LogP contribution in [0, 0.1) is 15.9 Å². The number of nitrogens with zero attached hydrogens (tertiary/aromatic N) is 1. The van der Waals surface area contributed by atoms with E-state index in [2.05, 4.69) is 15.9 Å². The lowest BCUT2D eigenvalue weighted by Gasteiger charge is -2.11. The standard InChI is InChI=1S/C14H11BrFNO4/c1-8(18)9-5-6-13(11(16)7-9)21-14-10(15)3-2-4-12(14)17(19)20/h2-8,18H,1H3. The van der Waals surface area contributed by atoms with E-state index in [0.717, 1.165) is 6.07 Å². The fraction of sp³-hybridized carbons (Fsp3) is 0.143. The molecule has 1 atom stereocenters. The molecule has 0 bridgehead atoms. The maximum Gasteiger partial charge on any atom is 0.312 e. The zero-order chi connectivity index (χ0) is 15.6. The lowest BCUT2D eigenvalue weighted by atomic mass is 10.1. The largest absolute Gasteiger partial charge is 0.446 e. The van der Waals surface area contributed by atoms with Gasteiger partial charge in [-0.2, -0.15) is 0 Å². The van der Waals surface area contributed by atoms with Crippen LogP contribution in [0.25, 0.3) is 0 Å². The van der Waals surface area contributed by atoms with E-state index in [9.17, 15) is 19.6 Å². The van der Waals surface area contributed by atoms with Crippen LogP contribution in [0.15, 0.2) is 40.9 Å². The summed E-state index contributed by atoms with van der Waals surface area (Å²) in [5.41, 5.74) is 0.116. The molecule has 1 unspecified atom stereocenters. The number of halogens is 2. The van der Waals surface area contributed by atoms with Crippen molar-refractivity contribution in [2.75, 3.05) is 0 Å². The van der Waals surface area contributed by atoms with Gasteiger partial charge in [-0.3, -0.25) is 10.1 Å². The molecule has 0 spiro atoms. The number of nitro benzene ring substituents is 1. The number of hydrogen-bond acceptors (Lipinski definition) is 4. The molecule has 5 nitrogen and oxygen atoms in total. The number of rotatable bonds is 4. The Morgan fingerprint density at radius 1 is 1.38 bits per heavy atom. The van der Waals surface area contributed by atoms with Crippen LogP contribution in [-0.2, 0) is 0 Å². The van der Waals surface area contributed by atoms with E-state index in [4.69, 9.17) is 4.74 Å². The topological polar surface area (TPSA) is 72.6 Å². The van der Waals surface area contributed by atoms with E-state index >= 15 is 0 Å². The highest BCUT2D eigenvalue weighted by molar-refractivity contribution is 9.10. The van der Waals surface area contributed by atoms with Gasteiger partial charge in [0.2, 0.25) is 5.75 Å². The Labute approximate surface area is 128 Å². The average Bonchev–Trinajstić information content (AvgIpc) is 2.42. The van der Waals surface area contributed by atoms with E-state index in [-0.39, 0.29) is 17.2 Å². The molecule has 0 aliphatic rings. The van der Waals surface area contributed by atoms with Crippen molar-refractivity contribution in [1.29, 1.82) is 0 Å². The third kappa shape index (κ3) is 3.37. The van der Waals surface area contributed by atoms with Crippen molar-refractivity contribution in [3.8, 4) is 11.5 Å². The molecule has 0 fully saturated rings. The number of nitro groups is 1. The number of benzene rings is 2. The normalized spacial score (nSPS) is 12.0. The van der Waals surface area contributed by atoms with Crippen molar-refractivity contribution in [1.82, 2.24) is 0 Å². The summed E-state index contributed by atoms with van der Waals surface area (Å²) < 4.78 is 19.6. The Kier molecular flexibility index (Phi) is 4.54. The van der Waals surface area contributed by atoms with Gasteiger partial charge in [0.25, 0.3) is 0 Å². The maximum absolute atomic E-state index is 13.9. The molecule has 7 heteroatoms. The second kappa shape index (κ2) is 6.19. The SMILES string of the molecule is CC(O)c1ccc(Oc2c(Br)cccc2[N+](=O)[O-])c(F)c1. The molecule has 0 saturated carbocycles. The van der Waals surface area contributed by atoms with E-state index in [1.54, 1.807) is 6.07 Å². The van der Waals surface area contributed by atoms with Crippen LogP contribution in [0.3, 0.4) is 0 Å². The van der Waals surface area contributed by atoms with Crippen LogP contribution in [-0.4, -0.2) is 10.0 Å². The molecule has 110 valence electrons. The molecular weight excluding hydrogens is 345 g/mol. The minimum absolute atomic E-state index is 0.0776. The first-order valence-electron chi connectivity index (χ1n) is 5.98. The number of para-hydroxylation sites is 1. The molecule has 0 heterocycles. The summed E-state index contributed by atoms with van der Waals surface area (Å²) in [4.78, 5) is 10.4. The van der Waals surface area contributed by atoms with Gasteiger partial charge in [-0.25, -0.2) is 4.39 Å². The van der Waals surface area contributed by atoms with Crippen molar-refractivity contribution in [2.45, 2.75) is 13.0 Å². The number of aliphatic hydroxyl groups is 1. The first kappa shape index (κ1) is 15.4. The highest BCUT2D eigenvalue weighted by atomic mass is 79.9. The summed E-state index contributed by atoms with van der Waals surface area (Å²) in [6, 6.07) is 8.25. The number of aliphatic hydroxyl groups excluding tert-OH is 1. The fourth-order valence-electron chi connectivity index (χ4n) is 1.71. The summed E-state index contributed by atoms with van der Waals surface area (Å²) in [5, 5.41) is 20.4. The Hall–Kier alpha value is -1.99. The zero-order valence-electron chi connectivity index (χ0n) is 10.9. The molecule has 0 aromatic heterocycles. The minimum atomic E-state index is -0.814. The first-order chi connectivity index (χ1) is 9.90. The van der Waals surface area contributed by atoms with Gasteiger partial charge >= 0.3 is 5.69 Å².